The Morgan fingerprint density at radius 2 is 2.17 bits per heavy atom. The highest BCUT2D eigenvalue weighted by Gasteiger charge is 2.12. The summed E-state index contributed by atoms with van der Waals surface area (Å²) < 4.78 is 0. The van der Waals surface area contributed by atoms with E-state index in [1.54, 1.807) is 24.6 Å². The lowest BCUT2D eigenvalue weighted by Crippen LogP contribution is -2.12. The van der Waals surface area contributed by atoms with Gasteiger partial charge in [-0.3, -0.25) is 10.4 Å². The summed E-state index contributed by atoms with van der Waals surface area (Å²) in [5, 5.41) is 8.19. The van der Waals surface area contributed by atoms with E-state index < -0.39 is 0 Å². The first-order chi connectivity index (χ1) is 8.58. The van der Waals surface area contributed by atoms with Gasteiger partial charge in [-0.25, -0.2) is 4.99 Å². The van der Waals surface area contributed by atoms with Crippen LogP contribution in [0.25, 0.3) is 0 Å². The van der Waals surface area contributed by atoms with Crippen molar-refractivity contribution < 1.29 is 0 Å². The molecule has 0 radical (unpaired) electrons. The molecule has 0 saturated carbocycles. The van der Waals surface area contributed by atoms with Crippen molar-refractivity contribution in [3.8, 4) is 0 Å². The normalized spacial score (nSPS) is 15.3. The zero-order valence-electron chi connectivity index (χ0n) is 10.1. The summed E-state index contributed by atoms with van der Waals surface area (Å²) in [4.78, 5) is 8.15. The van der Waals surface area contributed by atoms with Crippen molar-refractivity contribution in [2.45, 2.75) is 13.3 Å². The van der Waals surface area contributed by atoms with Crippen LogP contribution >= 0.6 is 0 Å². The molecule has 5 nitrogen and oxygen atoms in total. The molecule has 5 heteroatoms. The molecule has 92 valence electrons. The smallest absolute Gasteiger partial charge is 0.119 e. The number of nitrogens with one attached hydrogen (secondary N) is 1. The van der Waals surface area contributed by atoms with Crippen molar-refractivity contribution in [3.05, 3.63) is 52.8 Å². The molecular weight excluding hydrogens is 226 g/mol. The number of rotatable bonds is 2. The van der Waals surface area contributed by atoms with E-state index in [0.717, 1.165) is 11.3 Å². The summed E-state index contributed by atoms with van der Waals surface area (Å²) in [5.41, 5.74) is 14.7. The second-order valence-electron chi connectivity index (χ2n) is 4.09. The van der Waals surface area contributed by atoms with Gasteiger partial charge in [-0.2, -0.15) is 0 Å². The van der Waals surface area contributed by atoms with Gasteiger partial charge in [0.25, 0.3) is 0 Å². The number of hydrogen-bond donors (Lipinski definition) is 3. The van der Waals surface area contributed by atoms with Gasteiger partial charge in [0.05, 0.1) is 5.71 Å². The van der Waals surface area contributed by atoms with Crippen molar-refractivity contribution >= 4 is 11.9 Å². The fourth-order valence-electron chi connectivity index (χ4n) is 1.68. The van der Waals surface area contributed by atoms with E-state index in [-0.39, 0.29) is 0 Å². The summed E-state index contributed by atoms with van der Waals surface area (Å²) >= 11 is 0. The molecule has 2 rings (SSSR count). The van der Waals surface area contributed by atoms with Crippen LogP contribution in [0.4, 0.5) is 0 Å². The summed E-state index contributed by atoms with van der Waals surface area (Å²) in [6, 6.07) is 3.63. The fraction of sp³-hybridized carbons (Fsp3) is 0.154. The lowest BCUT2D eigenvalue weighted by molar-refractivity contribution is 1.12. The number of hydrogen-bond acceptors (Lipinski definition) is 5. The highest BCUT2D eigenvalue weighted by atomic mass is 14.9. The van der Waals surface area contributed by atoms with Crippen molar-refractivity contribution in [2.75, 3.05) is 0 Å². The van der Waals surface area contributed by atoms with Crippen LogP contribution in [0.3, 0.4) is 0 Å². The lowest BCUT2D eigenvalue weighted by Gasteiger charge is -2.08. The third-order valence-corrected chi connectivity index (χ3v) is 2.67. The molecule has 0 fully saturated rings. The number of nitrogens with two attached hydrogens (primary N) is 2. The van der Waals surface area contributed by atoms with Gasteiger partial charge in [-0.1, -0.05) is 0 Å². The molecule has 5 N–H and O–H groups in total. The molecule has 2 heterocycles. The van der Waals surface area contributed by atoms with Crippen LogP contribution in [0.5, 0.6) is 0 Å². The first-order valence-corrected chi connectivity index (χ1v) is 5.58. The Morgan fingerprint density at radius 1 is 1.39 bits per heavy atom. The minimum absolute atomic E-state index is 0.338. The quantitative estimate of drug-likeness (QED) is 0.679. The van der Waals surface area contributed by atoms with Gasteiger partial charge in [-0.05, 0) is 25.1 Å². The van der Waals surface area contributed by atoms with E-state index in [4.69, 9.17) is 16.9 Å². The number of aliphatic imine (C=N–C) groups is 1. The molecule has 1 aromatic rings. The van der Waals surface area contributed by atoms with E-state index in [0.29, 0.717) is 29.2 Å². The molecule has 0 unspecified atom stereocenters. The zero-order chi connectivity index (χ0) is 13.1. The minimum Gasteiger partial charge on any atom is -0.401 e. The van der Waals surface area contributed by atoms with Crippen molar-refractivity contribution in [3.63, 3.8) is 0 Å². The van der Waals surface area contributed by atoms with E-state index in [9.17, 15) is 0 Å². The summed E-state index contributed by atoms with van der Waals surface area (Å²) in [6.45, 7) is 1.88. The molecule has 0 bridgehead atoms. The van der Waals surface area contributed by atoms with E-state index in [1.807, 2.05) is 13.0 Å². The second-order valence-corrected chi connectivity index (χ2v) is 4.09. The second kappa shape index (κ2) is 4.83. The summed E-state index contributed by atoms with van der Waals surface area (Å²) in [6.07, 6.45) is 5.47. The predicted molar refractivity (Wildman–Crippen MR) is 72.4 cm³/mol. The largest absolute Gasteiger partial charge is 0.401 e. The van der Waals surface area contributed by atoms with Crippen molar-refractivity contribution in [1.82, 2.24) is 4.98 Å². The number of aromatic nitrogens is 1. The third-order valence-electron chi connectivity index (χ3n) is 2.67. The van der Waals surface area contributed by atoms with Crippen LogP contribution in [-0.4, -0.2) is 16.9 Å². The number of pyridine rings is 1. The Kier molecular flexibility index (Phi) is 3.23. The van der Waals surface area contributed by atoms with Gasteiger partial charge in [0.1, 0.15) is 5.82 Å². The molecule has 1 aromatic heterocycles. The van der Waals surface area contributed by atoms with E-state index in [2.05, 4.69) is 9.98 Å². The highest BCUT2D eigenvalue weighted by molar-refractivity contribution is 6.23. The van der Waals surface area contributed by atoms with Crippen LogP contribution in [-0.2, 0) is 0 Å². The van der Waals surface area contributed by atoms with Crippen molar-refractivity contribution in [2.24, 2.45) is 16.5 Å². The molecule has 1 aliphatic rings. The van der Waals surface area contributed by atoms with E-state index in [1.165, 1.54) is 0 Å². The average Bonchev–Trinajstić information content (AvgIpc) is 2.51. The summed E-state index contributed by atoms with van der Waals surface area (Å²) in [5.74, 6) is 0.423. The Morgan fingerprint density at radius 3 is 2.89 bits per heavy atom. The average molecular weight is 241 g/mol. The Balaban J connectivity index is 2.37. The van der Waals surface area contributed by atoms with Crippen molar-refractivity contribution in [1.29, 1.82) is 5.41 Å². The Labute approximate surface area is 105 Å². The number of nitrogens with zero attached hydrogens (tertiary/aromatic N) is 2. The molecule has 0 aliphatic carbocycles. The minimum atomic E-state index is 0.338. The number of allylic oxidation sites excluding steroid dienone is 2. The van der Waals surface area contributed by atoms with Crippen LogP contribution in [0, 0.1) is 12.3 Å². The number of aryl methyl sites for hydroxylation is 1. The Hall–Kier alpha value is -2.43. The maximum absolute atomic E-state index is 8.19. The van der Waals surface area contributed by atoms with Crippen LogP contribution < -0.4 is 11.5 Å². The molecule has 1 aliphatic heterocycles. The fourth-order valence-corrected chi connectivity index (χ4v) is 1.68. The molecule has 0 aromatic carbocycles. The van der Waals surface area contributed by atoms with Gasteiger partial charge in [-0.15, -0.1) is 0 Å². The highest BCUT2D eigenvalue weighted by Crippen LogP contribution is 2.14. The topological polar surface area (TPSA) is 101 Å². The van der Waals surface area contributed by atoms with Gasteiger partial charge in [0.2, 0.25) is 0 Å². The Bertz CT molecular complexity index is 581. The van der Waals surface area contributed by atoms with Gasteiger partial charge in [0.15, 0.2) is 0 Å². The standard InChI is InChI=1S/C13H15N5/c1-8-6-9(4-5-17-8)13(16)10-7-18-12(15)3-2-11(10)14/h3-7,16H,2,14-15H2,1H3. The molecule has 0 amide bonds. The van der Waals surface area contributed by atoms with Crippen LogP contribution in [0.1, 0.15) is 17.7 Å². The molecule has 18 heavy (non-hydrogen) atoms. The zero-order valence-corrected chi connectivity index (χ0v) is 10.1. The van der Waals surface area contributed by atoms with Gasteiger partial charge in [0, 0.05) is 41.4 Å². The summed E-state index contributed by atoms with van der Waals surface area (Å²) in [7, 11) is 0. The SMILES string of the molecule is Cc1cc(C(=N)C2=C(N)CC=C(N)N=C2)ccn1. The molecule has 0 spiro atoms. The predicted octanol–water partition coefficient (Wildman–Crippen LogP) is 1.25. The van der Waals surface area contributed by atoms with Gasteiger partial charge < -0.3 is 11.5 Å². The molecule has 0 saturated heterocycles. The lowest BCUT2D eigenvalue weighted by atomic mass is 10.0. The molecular formula is C13H15N5. The van der Waals surface area contributed by atoms with Gasteiger partial charge >= 0.3 is 0 Å². The maximum Gasteiger partial charge on any atom is 0.119 e. The first kappa shape index (κ1) is 12.0. The first-order valence-electron chi connectivity index (χ1n) is 5.58. The third kappa shape index (κ3) is 2.45. The molecule has 0 atom stereocenters. The van der Waals surface area contributed by atoms with Crippen LogP contribution in [0.2, 0.25) is 0 Å². The monoisotopic (exact) mass is 241 g/mol. The van der Waals surface area contributed by atoms with Crippen LogP contribution in [0.15, 0.2) is 46.5 Å². The van der Waals surface area contributed by atoms with E-state index >= 15 is 0 Å². The maximum atomic E-state index is 8.19.